The van der Waals surface area contributed by atoms with Gasteiger partial charge in [-0.05, 0) is 18.2 Å². The second-order valence-corrected chi connectivity index (χ2v) is 4.11. The van der Waals surface area contributed by atoms with Crippen molar-refractivity contribution in [3.05, 3.63) is 29.3 Å². The molecule has 1 aromatic carbocycles. The monoisotopic (exact) mass is 240 g/mol. The lowest BCUT2D eigenvalue weighted by molar-refractivity contribution is -0.124. The van der Waals surface area contributed by atoms with Crippen molar-refractivity contribution in [2.45, 2.75) is 6.04 Å². The van der Waals surface area contributed by atoms with Gasteiger partial charge in [-0.25, -0.2) is 0 Å². The van der Waals surface area contributed by atoms with Crippen molar-refractivity contribution in [2.75, 3.05) is 19.7 Å². The van der Waals surface area contributed by atoms with Gasteiger partial charge in [0.25, 0.3) is 5.91 Å². The number of hydrogen-bond donors (Lipinski definition) is 2. The molecule has 86 valence electrons. The fourth-order valence-corrected chi connectivity index (χ4v) is 1.55. The number of carbonyl (C=O) groups is 1. The molecule has 1 saturated heterocycles. The van der Waals surface area contributed by atoms with Gasteiger partial charge < -0.3 is 15.4 Å². The molecule has 0 saturated carbocycles. The van der Waals surface area contributed by atoms with Crippen molar-refractivity contribution < 1.29 is 9.53 Å². The first-order chi connectivity index (χ1) is 7.74. The van der Waals surface area contributed by atoms with E-state index in [9.17, 15) is 4.79 Å². The molecule has 0 unspecified atom stereocenters. The van der Waals surface area contributed by atoms with Gasteiger partial charge in [-0.1, -0.05) is 17.7 Å². The van der Waals surface area contributed by atoms with Gasteiger partial charge in [0, 0.05) is 18.1 Å². The van der Waals surface area contributed by atoms with Gasteiger partial charge in [-0.2, -0.15) is 0 Å². The first kappa shape index (κ1) is 11.2. The van der Waals surface area contributed by atoms with Crippen molar-refractivity contribution in [3.8, 4) is 5.75 Å². The quantitative estimate of drug-likeness (QED) is 0.819. The summed E-state index contributed by atoms with van der Waals surface area (Å²) in [6.45, 7) is 1.70. The molecular weight excluding hydrogens is 228 g/mol. The Hall–Kier alpha value is -1.26. The van der Waals surface area contributed by atoms with Crippen LogP contribution in [0.1, 0.15) is 0 Å². The number of benzene rings is 1. The second kappa shape index (κ2) is 5.18. The Morgan fingerprint density at radius 1 is 1.56 bits per heavy atom. The molecule has 1 heterocycles. The molecule has 0 spiro atoms. The van der Waals surface area contributed by atoms with E-state index in [1.807, 2.05) is 0 Å². The summed E-state index contributed by atoms with van der Waals surface area (Å²) in [6.07, 6.45) is 0. The summed E-state index contributed by atoms with van der Waals surface area (Å²) >= 11 is 5.79. The Labute approximate surface area is 98.9 Å². The average Bonchev–Trinajstić information content (AvgIpc) is 2.21. The van der Waals surface area contributed by atoms with Crippen LogP contribution >= 0.6 is 11.6 Å². The first-order valence-corrected chi connectivity index (χ1v) is 5.50. The van der Waals surface area contributed by atoms with Crippen LogP contribution < -0.4 is 15.4 Å². The van der Waals surface area contributed by atoms with Crippen molar-refractivity contribution in [1.82, 2.24) is 10.6 Å². The van der Waals surface area contributed by atoms with Crippen LogP contribution in [0.5, 0.6) is 5.75 Å². The van der Waals surface area contributed by atoms with Crippen LogP contribution in [0.3, 0.4) is 0 Å². The van der Waals surface area contributed by atoms with E-state index in [1.54, 1.807) is 24.3 Å². The lowest BCUT2D eigenvalue weighted by Gasteiger charge is -2.27. The zero-order valence-electron chi connectivity index (χ0n) is 8.70. The third-order valence-corrected chi connectivity index (χ3v) is 2.55. The predicted octanol–water partition coefficient (Wildman–Crippen LogP) is 0.807. The Kier molecular flexibility index (Phi) is 3.64. The first-order valence-electron chi connectivity index (χ1n) is 5.12. The molecule has 0 radical (unpaired) electrons. The summed E-state index contributed by atoms with van der Waals surface area (Å²) in [6, 6.07) is 7.24. The fraction of sp³-hybridized carbons (Fsp3) is 0.364. The molecule has 0 aliphatic carbocycles. The number of halogens is 1. The van der Waals surface area contributed by atoms with Gasteiger partial charge in [0.15, 0.2) is 6.61 Å². The van der Waals surface area contributed by atoms with E-state index in [0.29, 0.717) is 10.8 Å². The highest BCUT2D eigenvalue weighted by Crippen LogP contribution is 2.16. The number of amides is 1. The van der Waals surface area contributed by atoms with Gasteiger partial charge in [0.05, 0.1) is 6.04 Å². The van der Waals surface area contributed by atoms with Crippen molar-refractivity contribution in [3.63, 3.8) is 0 Å². The molecule has 5 heteroatoms. The van der Waals surface area contributed by atoms with Gasteiger partial charge >= 0.3 is 0 Å². The Bertz CT molecular complexity index is 380. The Morgan fingerprint density at radius 3 is 3.00 bits per heavy atom. The number of hydrogen-bond acceptors (Lipinski definition) is 3. The van der Waals surface area contributed by atoms with E-state index >= 15 is 0 Å². The number of rotatable bonds is 4. The Morgan fingerprint density at radius 2 is 2.38 bits per heavy atom. The van der Waals surface area contributed by atoms with Crippen LogP contribution in [-0.4, -0.2) is 31.6 Å². The second-order valence-electron chi connectivity index (χ2n) is 3.67. The third kappa shape index (κ3) is 3.12. The van der Waals surface area contributed by atoms with E-state index in [4.69, 9.17) is 16.3 Å². The minimum atomic E-state index is -0.105. The molecule has 1 aliphatic rings. The normalized spacial score (nSPS) is 15.3. The van der Waals surface area contributed by atoms with Crippen LogP contribution in [-0.2, 0) is 4.79 Å². The van der Waals surface area contributed by atoms with Crippen LogP contribution in [0, 0.1) is 0 Å². The summed E-state index contributed by atoms with van der Waals surface area (Å²) in [5.41, 5.74) is 0. The van der Waals surface area contributed by atoms with Crippen molar-refractivity contribution >= 4 is 17.5 Å². The number of ether oxygens (including phenoxy) is 1. The lowest BCUT2D eigenvalue weighted by Crippen LogP contribution is -2.57. The lowest BCUT2D eigenvalue weighted by atomic mass is 10.2. The minimum Gasteiger partial charge on any atom is -0.484 e. The maximum Gasteiger partial charge on any atom is 0.258 e. The van der Waals surface area contributed by atoms with Crippen LogP contribution in [0.15, 0.2) is 24.3 Å². The van der Waals surface area contributed by atoms with Gasteiger partial charge in [-0.3, -0.25) is 4.79 Å². The molecule has 0 bridgehead atoms. The third-order valence-electron chi connectivity index (χ3n) is 2.31. The van der Waals surface area contributed by atoms with Gasteiger partial charge in [-0.15, -0.1) is 0 Å². The number of carbonyl (C=O) groups excluding carboxylic acids is 1. The molecule has 2 rings (SSSR count). The fourth-order valence-electron chi connectivity index (χ4n) is 1.37. The van der Waals surface area contributed by atoms with Crippen molar-refractivity contribution in [2.24, 2.45) is 0 Å². The highest BCUT2D eigenvalue weighted by Gasteiger charge is 2.18. The summed E-state index contributed by atoms with van der Waals surface area (Å²) in [5, 5.41) is 6.51. The standard InChI is InChI=1S/C11H13ClN2O2/c12-8-2-1-3-10(4-8)16-7-11(15)14-9-5-13-6-9/h1-4,9,13H,5-7H2,(H,14,15). The van der Waals surface area contributed by atoms with Gasteiger partial charge in [0.2, 0.25) is 0 Å². The maximum absolute atomic E-state index is 11.4. The zero-order valence-corrected chi connectivity index (χ0v) is 9.46. The molecule has 1 fully saturated rings. The summed E-state index contributed by atoms with van der Waals surface area (Å²) in [7, 11) is 0. The molecule has 1 amide bonds. The molecule has 1 aromatic rings. The maximum atomic E-state index is 11.4. The molecular formula is C11H13ClN2O2. The zero-order chi connectivity index (χ0) is 11.4. The average molecular weight is 241 g/mol. The SMILES string of the molecule is O=C(COc1cccc(Cl)c1)NC1CNC1. The number of nitrogens with one attached hydrogen (secondary N) is 2. The molecule has 16 heavy (non-hydrogen) atoms. The minimum absolute atomic E-state index is 0.0246. The van der Waals surface area contributed by atoms with Crippen LogP contribution in [0.25, 0.3) is 0 Å². The molecule has 0 aromatic heterocycles. The van der Waals surface area contributed by atoms with Crippen LogP contribution in [0.4, 0.5) is 0 Å². The summed E-state index contributed by atoms with van der Waals surface area (Å²) in [4.78, 5) is 11.4. The van der Waals surface area contributed by atoms with E-state index in [2.05, 4.69) is 10.6 Å². The summed E-state index contributed by atoms with van der Waals surface area (Å²) in [5.74, 6) is 0.501. The summed E-state index contributed by atoms with van der Waals surface area (Å²) < 4.78 is 5.30. The molecule has 0 atom stereocenters. The van der Waals surface area contributed by atoms with Gasteiger partial charge in [0.1, 0.15) is 5.75 Å². The molecule has 1 aliphatic heterocycles. The van der Waals surface area contributed by atoms with Crippen molar-refractivity contribution in [1.29, 1.82) is 0 Å². The highest BCUT2D eigenvalue weighted by molar-refractivity contribution is 6.30. The van der Waals surface area contributed by atoms with E-state index in [-0.39, 0.29) is 18.6 Å². The smallest absolute Gasteiger partial charge is 0.258 e. The van der Waals surface area contributed by atoms with E-state index in [1.165, 1.54) is 0 Å². The predicted molar refractivity (Wildman–Crippen MR) is 61.7 cm³/mol. The Balaban J connectivity index is 1.75. The molecule has 2 N–H and O–H groups in total. The topological polar surface area (TPSA) is 50.4 Å². The highest BCUT2D eigenvalue weighted by atomic mass is 35.5. The largest absolute Gasteiger partial charge is 0.484 e. The molecule has 4 nitrogen and oxygen atoms in total. The van der Waals surface area contributed by atoms with Crippen LogP contribution in [0.2, 0.25) is 5.02 Å². The van der Waals surface area contributed by atoms with E-state index in [0.717, 1.165) is 13.1 Å². The van der Waals surface area contributed by atoms with E-state index < -0.39 is 0 Å².